The molecule has 0 rings (SSSR count). The zero-order valence-electron chi connectivity index (χ0n) is 24.5. The van der Waals surface area contributed by atoms with Crippen LogP contribution in [0.15, 0.2) is 0 Å². The van der Waals surface area contributed by atoms with Crippen molar-refractivity contribution in [3.63, 3.8) is 0 Å². The van der Waals surface area contributed by atoms with Gasteiger partial charge in [-0.15, -0.1) is 11.6 Å². The predicted molar refractivity (Wildman–Crippen MR) is 161 cm³/mol. The average molecular weight is 502 g/mol. The van der Waals surface area contributed by atoms with Gasteiger partial charge in [0, 0.05) is 5.38 Å². The van der Waals surface area contributed by atoms with Crippen molar-refractivity contribution in [3.05, 3.63) is 0 Å². The molecule has 1 nitrogen and oxygen atoms in total. The van der Waals surface area contributed by atoms with Gasteiger partial charge in [0.15, 0.2) is 0 Å². The Morgan fingerprint density at radius 3 is 0.765 bits per heavy atom. The van der Waals surface area contributed by atoms with Crippen LogP contribution in [0, 0.1) is 0 Å². The lowest BCUT2D eigenvalue weighted by Gasteiger charge is -2.09. The summed E-state index contributed by atoms with van der Waals surface area (Å²) in [6.45, 7) is 4.60. The fourth-order valence-electron chi connectivity index (χ4n) is 4.73. The molecule has 0 spiro atoms. The van der Waals surface area contributed by atoms with Crippen LogP contribution in [0.3, 0.4) is 0 Å². The molecule has 34 heavy (non-hydrogen) atoms. The molecule has 0 aromatic rings. The molecule has 0 fully saturated rings. The van der Waals surface area contributed by atoms with E-state index in [1.165, 1.54) is 173 Å². The molecule has 1 atom stereocenters. The molecule has 0 aliphatic rings. The summed E-state index contributed by atoms with van der Waals surface area (Å²) in [5, 5.41) is 3.19. The molecule has 0 bridgehead atoms. The van der Waals surface area contributed by atoms with E-state index in [0.717, 1.165) is 0 Å². The number of unbranched alkanes of at least 4 members (excludes halogenated alkanes) is 23. The highest BCUT2D eigenvalue weighted by Gasteiger charge is 2.04. The van der Waals surface area contributed by atoms with Crippen molar-refractivity contribution in [3.8, 4) is 0 Å². The van der Waals surface area contributed by atoms with Gasteiger partial charge in [-0.25, -0.2) is 0 Å². The van der Waals surface area contributed by atoms with Crippen LogP contribution in [-0.2, 0) is 0 Å². The molecule has 0 aromatic heterocycles. The number of nitrogens with one attached hydrogen (secondary N) is 1. The molecule has 0 amide bonds. The van der Waals surface area contributed by atoms with E-state index < -0.39 is 0 Å². The quantitative estimate of drug-likeness (QED) is 0.0870. The minimum atomic E-state index is 0.441. The molecule has 0 aromatic carbocycles. The van der Waals surface area contributed by atoms with Gasteiger partial charge in [-0.1, -0.05) is 174 Å². The third kappa shape index (κ3) is 36.8. The van der Waals surface area contributed by atoms with Crippen LogP contribution in [0.5, 0.6) is 0 Å². The van der Waals surface area contributed by atoms with Crippen LogP contribution in [0.25, 0.3) is 0 Å². The van der Waals surface area contributed by atoms with Crippen LogP contribution in [0.1, 0.15) is 187 Å². The summed E-state index contributed by atoms with van der Waals surface area (Å²) in [5.41, 5.74) is 0. The van der Waals surface area contributed by atoms with Crippen LogP contribution in [0.4, 0.5) is 0 Å². The molecule has 0 aliphatic carbocycles. The van der Waals surface area contributed by atoms with Crippen molar-refractivity contribution < 1.29 is 0 Å². The van der Waals surface area contributed by atoms with Gasteiger partial charge in [-0.3, -0.25) is 0 Å². The minimum Gasteiger partial charge on any atom is -0.323 e. The molecule has 1 N–H and O–H groups in total. The van der Waals surface area contributed by atoms with Gasteiger partial charge in [0.25, 0.3) is 0 Å². The summed E-state index contributed by atoms with van der Waals surface area (Å²) in [7, 11) is 3.75. The maximum atomic E-state index is 6.55. The predicted octanol–water partition coefficient (Wildman–Crippen LogP) is 12.0. The van der Waals surface area contributed by atoms with E-state index in [-0.39, 0.29) is 0 Å². The maximum Gasteiger partial charge on any atom is 0.0336 e. The summed E-state index contributed by atoms with van der Waals surface area (Å²) in [5.74, 6) is 0. The highest BCUT2D eigenvalue weighted by Crippen LogP contribution is 2.19. The topological polar surface area (TPSA) is 12.0 Å². The third-order valence-electron chi connectivity index (χ3n) is 6.99. The number of hydrogen-bond donors (Lipinski definition) is 1. The van der Waals surface area contributed by atoms with Gasteiger partial charge in [0.05, 0.1) is 0 Å². The van der Waals surface area contributed by atoms with E-state index in [1.807, 2.05) is 14.1 Å². The largest absolute Gasteiger partial charge is 0.323 e. The Hall–Kier alpha value is 0.250. The van der Waals surface area contributed by atoms with Gasteiger partial charge < -0.3 is 5.32 Å². The van der Waals surface area contributed by atoms with Crippen LogP contribution in [0.2, 0.25) is 0 Å². The van der Waals surface area contributed by atoms with Gasteiger partial charge in [-0.05, 0) is 26.9 Å². The lowest BCUT2D eigenvalue weighted by atomic mass is 10.0. The van der Waals surface area contributed by atoms with Crippen molar-refractivity contribution in [2.75, 3.05) is 14.1 Å². The zero-order valence-corrected chi connectivity index (χ0v) is 25.3. The lowest BCUT2D eigenvalue weighted by Crippen LogP contribution is -1.98. The van der Waals surface area contributed by atoms with Crippen molar-refractivity contribution in [2.45, 2.75) is 193 Å². The molecule has 1 unspecified atom stereocenters. The van der Waals surface area contributed by atoms with E-state index in [9.17, 15) is 0 Å². The first-order valence-electron chi connectivity index (χ1n) is 15.9. The molecule has 0 heterocycles. The van der Waals surface area contributed by atoms with Gasteiger partial charge in [-0.2, -0.15) is 0 Å². The summed E-state index contributed by atoms with van der Waals surface area (Å²) >= 11 is 6.55. The standard InChI is InChI=1S/C30H61Cl.C2H7N/c1-3-5-7-9-11-13-15-16-17-18-19-21-23-25-27-29-30(31)28-26-24-22-20-14-12-10-8-6-4-2;1-3-2/h30H,3-29H2,1-2H3;3H,1-2H3. The number of halogens is 1. The zero-order chi connectivity index (χ0) is 25.4. The van der Waals surface area contributed by atoms with Crippen molar-refractivity contribution >= 4 is 11.6 Å². The molecule has 2 heteroatoms. The average Bonchev–Trinajstić information content (AvgIpc) is 2.83. The molecular formula is C32H68ClN. The lowest BCUT2D eigenvalue weighted by molar-refractivity contribution is 0.517. The summed E-state index contributed by atoms with van der Waals surface area (Å²) in [6, 6.07) is 0. The monoisotopic (exact) mass is 502 g/mol. The molecule has 208 valence electrons. The van der Waals surface area contributed by atoms with E-state index in [0.29, 0.717) is 5.38 Å². The Balaban J connectivity index is 0. The van der Waals surface area contributed by atoms with Crippen molar-refractivity contribution in [1.29, 1.82) is 0 Å². The van der Waals surface area contributed by atoms with Gasteiger partial charge >= 0.3 is 0 Å². The second-order valence-corrected chi connectivity index (χ2v) is 11.4. The van der Waals surface area contributed by atoms with E-state index in [4.69, 9.17) is 11.6 Å². The normalized spacial score (nSPS) is 11.9. The Kier molecular flexibility index (Phi) is 37.9. The van der Waals surface area contributed by atoms with Crippen LogP contribution in [-0.4, -0.2) is 19.5 Å². The molecule has 0 aliphatic heterocycles. The summed E-state index contributed by atoms with van der Waals surface area (Å²) in [4.78, 5) is 0. The number of alkyl halides is 1. The SMILES string of the molecule is CCCCCCCCCCCCCCCCCC(Cl)CCCCCCCCCCCC.CNC. The fraction of sp³-hybridized carbons (Fsp3) is 1.00. The van der Waals surface area contributed by atoms with E-state index in [2.05, 4.69) is 19.2 Å². The number of rotatable bonds is 27. The smallest absolute Gasteiger partial charge is 0.0336 e. The van der Waals surface area contributed by atoms with Crippen LogP contribution >= 0.6 is 11.6 Å². The van der Waals surface area contributed by atoms with Crippen LogP contribution < -0.4 is 5.32 Å². The minimum absolute atomic E-state index is 0.441. The van der Waals surface area contributed by atoms with Crippen molar-refractivity contribution in [1.82, 2.24) is 5.32 Å². The number of hydrogen-bond acceptors (Lipinski definition) is 1. The Morgan fingerprint density at radius 1 is 0.382 bits per heavy atom. The third-order valence-corrected chi connectivity index (χ3v) is 7.43. The second-order valence-electron chi connectivity index (χ2n) is 10.8. The summed E-state index contributed by atoms with van der Waals surface area (Å²) < 4.78 is 0. The van der Waals surface area contributed by atoms with Crippen molar-refractivity contribution in [2.24, 2.45) is 0 Å². The second kappa shape index (κ2) is 35.4. The summed E-state index contributed by atoms with van der Waals surface area (Å²) in [6.07, 6.45) is 38.4. The Morgan fingerprint density at radius 2 is 0.559 bits per heavy atom. The Bertz CT molecular complexity index is 320. The first-order valence-corrected chi connectivity index (χ1v) is 16.4. The first kappa shape index (κ1) is 36.4. The molecular weight excluding hydrogens is 434 g/mol. The first-order chi connectivity index (χ1) is 16.7. The fourth-order valence-corrected chi connectivity index (χ4v) is 5.04. The Labute approximate surface area is 223 Å². The highest BCUT2D eigenvalue weighted by atomic mass is 35.5. The van der Waals surface area contributed by atoms with Gasteiger partial charge in [0.2, 0.25) is 0 Å². The molecule has 0 radical (unpaired) electrons. The maximum absolute atomic E-state index is 6.55. The molecule has 0 saturated carbocycles. The highest BCUT2D eigenvalue weighted by molar-refractivity contribution is 6.20. The van der Waals surface area contributed by atoms with E-state index in [1.54, 1.807) is 0 Å². The molecule has 0 saturated heterocycles. The van der Waals surface area contributed by atoms with E-state index >= 15 is 0 Å². The van der Waals surface area contributed by atoms with Gasteiger partial charge in [0.1, 0.15) is 0 Å².